The summed E-state index contributed by atoms with van der Waals surface area (Å²) in [6.07, 6.45) is 3.36. The molecule has 12 heavy (non-hydrogen) atoms. The SMILES string of the molecule is CCCCCNC(=N)NC(C)=O. The molecule has 0 aliphatic carbocycles. The van der Waals surface area contributed by atoms with Gasteiger partial charge in [0.2, 0.25) is 5.91 Å². The van der Waals surface area contributed by atoms with Crippen LogP contribution in [0.1, 0.15) is 33.1 Å². The fourth-order valence-electron chi connectivity index (χ4n) is 0.809. The highest BCUT2D eigenvalue weighted by Gasteiger charge is 1.95. The van der Waals surface area contributed by atoms with E-state index in [4.69, 9.17) is 5.41 Å². The van der Waals surface area contributed by atoms with E-state index in [1.54, 1.807) is 0 Å². The van der Waals surface area contributed by atoms with Gasteiger partial charge in [0, 0.05) is 13.5 Å². The van der Waals surface area contributed by atoms with Crippen molar-refractivity contribution in [2.24, 2.45) is 0 Å². The van der Waals surface area contributed by atoms with Crippen LogP contribution in [0.4, 0.5) is 0 Å². The van der Waals surface area contributed by atoms with Crippen molar-refractivity contribution in [2.75, 3.05) is 6.54 Å². The monoisotopic (exact) mass is 171 g/mol. The van der Waals surface area contributed by atoms with Crippen molar-refractivity contribution >= 4 is 11.9 Å². The first-order chi connectivity index (χ1) is 5.66. The molecular weight excluding hydrogens is 154 g/mol. The molecule has 0 spiro atoms. The molecule has 0 aromatic carbocycles. The number of guanidine groups is 1. The molecule has 0 aliphatic heterocycles. The summed E-state index contributed by atoms with van der Waals surface area (Å²) in [6.45, 7) is 4.27. The van der Waals surface area contributed by atoms with Gasteiger partial charge >= 0.3 is 0 Å². The van der Waals surface area contributed by atoms with Crippen molar-refractivity contribution in [3.8, 4) is 0 Å². The van der Waals surface area contributed by atoms with Crippen LogP contribution in [-0.4, -0.2) is 18.4 Å². The molecule has 0 saturated carbocycles. The largest absolute Gasteiger partial charge is 0.356 e. The third kappa shape index (κ3) is 7.05. The Morgan fingerprint density at radius 3 is 2.58 bits per heavy atom. The topological polar surface area (TPSA) is 65.0 Å². The van der Waals surface area contributed by atoms with Gasteiger partial charge in [-0.3, -0.25) is 15.5 Å². The van der Waals surface area contributed by atoms with Crippen LogP contribution in [-0.2, 0) is 4.79 Å². The molecule has 4 heteroatoms. The van der Waals surface area contributed by atoms with E-state index in [1.165, 1.54) is 6.92 Å². The zero-order chi connectivity index (χ0) is 9.40. The Balaban J connectivity index is 3.26. The van der Waals surface area contributed by atoms with Crippen LogP contribution in [0.5, 0.6) is 0 Å². The summed E-state index contributed by atoms with van der Waals surface area (Å²) < 4.78 is 0. The molecule has 70 valence electrons. The maximum absolute atomic E-state index is 10.5. The Kier molecular flexibility index (Phi) is 6.05. The maximum atomic E-state index is 10.5. The van der Waals surface area contributed by atoms with Crippen LogP contribution < -0.4 is 10.6 Å². The van der Waals surface area contributed by atoms with Crippen molar-refractivity contribution < 1.29 is 4.79 Å². The summed E-state index contributed by atoms with van der Waals surface area (Å²) in [5.41, 5.74) is 0. The quantitative estimate of drug-likeness (QED) is 0.333. The van der Waals surface area contributed by atoms with Crippen LogP contribution in [0.3, 0.4) is 0 Å². The fraction of sp³-hybridized carbons (Fsp3) is 0.750. The molecule has 0 unspecified atom stereocenters. The molecule has 0 bridgehead atoms. The molecule has 0 heterocycles. The summed E-state index contributed by atoms with van der Waals surface area (Å²) in [6, 6.07) is 0. The van der Waals surface area contributed by atoms with Gasteiger partial charge in [-0.1, -0.05) is 19.8 Å². The van der Waals surface area contributed by atoms with Gasteiger partial charge < -0.3 is 5.32 Å². The molecule has 3 N–H and O–H groups in total. The zero-order valence-corrected chi connectivity index (χ0v) is 7.74. The number of carbonyl (C=O) groups excluding carboxylic acids is 1. The van der Waals surface area contributed by atoms with Crippen LogP contribution >= 0.6 is 0 Å². The number of nitrogens with one attached hydrogen (secondary N) is 3. The highest BCUT2D eigenvalue weighted by molar-refractivity contribution is 5.94. The zero-order valence-electron chi connectivity index (χ0n) is 7.74. The lowest BCUT2D eigenvalue weighted by atomic mass is 10.2. The predicted octanol–water partition coefficient (Wildman–Crippen LogP) is 0.837. The lowest BCUT2D eigenvalue weighted by Crippen LogP contribution is -2.39. The first-order valence-corrected chi connectivity index (χ1v) is 4.26. The highest BCUT2D eigenvalue weighted by atomic mass is 16.1. The second-order valence-electron chi connectivity index (χ2n) is 2.69. The number of hydrogen-bond acceptors (Lipinski definition) is 2. The number of amides is 1. The van der Waals surface area contributed by atoms with Gasteiger partial charge in [0.25, 0.3) is 0 Å². The van der Waals surface area contributed by atoms with Crippen molar-refractivity contribution in [1.29, 1.82) is 5.41 Å². The Bertz CT molecular complexity index is 156. The minimum Gasteiger partial charge on any atom is -0.356 e. The van der Waals surface area contributed by atoms with E-state index in [0.29, 0.717) is 0 Å². The highest BCUT2D eigenvalue weighted by Crippen LogP contribution is 1.90. The normalized spacial score (nSPS) is 9.17. The summed E-state index contributed by atoms with van der Waals surface area (Å²) in [5.74, 6) is -0.110. The van der Waals surface area contributed by atoms with Gasteiger partial charge in [0.05, 0.1) is 0 Å². The average molecular weight is 171 g/mol. The number of unbranched alkanes of at least 4 members (excludes halogenated alkanes) is 2. The van der Waals surface area contributed by atoms with E-state index in [0.717, 1.165) is 25.8 Å². The van der Waals surface area contributed by atoms with Gasteiger partial charge in [-0.05, 0) is 6.42 Å². The summed E-state index contributed by atoms with van der Waals surface area (Å²) in [7, 11) is 0. The van der Waals surface area contributed by atoms with Gasteiger partial charge in [0.15, 0.2) is 5.96 Å². The molecule has 0 aromatic heterocycles. The molecule has 0 aliphatic rings. The Labute approximate surface area is 73.2 Å². The van der Waals surface area contributed by atoms with Crippen LogP contribution in [0.15, 0.2) is 0 Å². The van der Waals surface area contributed by atoms with Gasteiger partial charge in [-0.25, -0.2) is 0 Å². The van der Waals surface area contributed by atoms with Crippen molar-refractivity contribution in [3.63, 3.8) is 0 Å². The van der Waals surface area contributed by atoms with Crippen molar-refractivity contribution in [3.05, 3.63) is 0 Å². The maximum Gasteiger partial charge on any atom is 0.223 e. The molecule has 0 aromatic rings. The first-order valence-electron chi connectivity index (χ1n) is 4.26. The standard InChI is InChI=1S/C8H17N3O/c1-3-4-5-6-10-8(9)11-7(2)12/h3-6H2,1-2H3,(H3,9,10,11,12). The Morgan fingerprint density at radius 1 is 1.42 bits per heavy atom. The van der Waals surface area contributed by atoms with E-state index in [2.05, 4.69) is 17.6 Å². The van der Waals surface area contributed by atoms with Crippen molar-refractivity contribution in [1.82, 2.24) is 10.6 Å². The van der Waals surface area contributed by atoms with Crippen molar-refractivity contribution in [2.45, 2.75) is 33.1 Å². The number of rotatable bonds is 4. The third-order valence-electron chi connectivity index (χ3n) is 1.38. The number of hydrogen-bond donors (Lipinski definition) is 3. The second-order valence-corrected chi connectivity index (χ2v) is 2.69. The van der Waals surface area contributed by atoms with Gasteiger partial charge in [-0.15, -0.1) is 0 Å². The Morgan fingerprint density at radius 2 is 2.08 bits per heavy atom. The van der Waals surface area contributed by atoms with E-state index in [9.17, 15) is 4.79 Å². The van der Waals surface area contributed by atoms with E-state index in [-0.39, 0.29) is 11.9 Å². The molecule has 0 rings (SSSR count). The minimum atomic E-state index is -0.206. The molecule has 1 amide bonds. The third-order valence-corrected chi connectivity index (χ3v) is 1.38. The van der Waals surface area contributed by atoms with E-state index in [1.807, 2.05) is 0 Å². The van der Waals surface area contributed by atoms with Gasteiger partial charge in [-0.2, -0.15) is 0 Å². The van der Waals surface area contributed by atoms with Crippen LogP contribution in [0, 0.1) is 5.41 Å². The van der Waals surface area contributed by atoms with E-state index < -0.39 is 0 Å². The summed E-state index contributed by atoms with van der Waals surface area (Å²) >= 11 is 0. The summed E-state index contributed by atoms with van der Waals surface area (Å²) in [5, 5.41) is 12.4. The first kappa shape index (κ1) is 10.9. The molecule has 0 radical (unpaired) electrons. The lowest BCUT2D eigenvalue weighted by Gasteiger charge is -2.06. The summed E-state index contributed by atoms with van der Waals surface area (Å²) in [4.78, 5) is 10.5. The molecular formula is C8H17N3O. The molecule has 0 fully saturated rings. The lowest BCUT2D eigenvalue weighted by molar-refractivity contribution is -0.117. The second kappa shape index (κ2) is 6.64. The smallest absolute Gasteiger partial charge is 0.223 e. The van der Waals surface area contributed by atoms with Crippen LogP contribution in [0.25, 0.3) is 0 Å². The average Bonchev–Trinajstić information content (AvgIpc) is 1.97. The van der Waals surface area contributed by atoms with Gasteiger partial charge in [0.1, 0.15) is 0 Å². The Hall–Kier alpha value is -1.06. The fourth-order valence-corrected chi connectivity index (χ4v) is 0.809. The van der Waals surface area contributed by atoms with Crippen LogP contribution in [0.2, 0.25) is 0 Å². The molecule has 0 atom stereocenters. The minimum absolute atomic E-state index is 0.0959. The predicted molar refractivity (Wildman–Crippen MR) is 49.1 cm³/mol. The number of carbonyl (C=O) groups is 1. The molecule has 4 nitrogen and oxygen atoms in total. The molecule has 0 saturated heterocycles. The van der Waals surface area contributed by atoms with E-state index >= 15 is 0 Å².